The van der Waals surface area contributed by atoms with Gasteiger partial charge in [-0.2, -0.15) is 5.10 Å². The van der Waals surface area contributed by atoms with Crippen LogP contribution >= 0.6 is 34.2 Å². The Morgan fingerprint density at radius 1 is 1.50 bits per heavy atom. The van der Waals surface area contributed by atoms with Crippen molar-refractivity contribution in [2.24, 2.45) is 5.73 Å². The molecule has 0 spiro atoms. The van der Waals surface area contributed by atoms with Crippen molar-refractivity contribution in [1.82, 2.24) is 9.78 Å². The first-order valence-electron chi connectivity index (χ1n) is 5.85. The number of nitrogens with two attached hydrogens (primary N) is 1. The highest BCUT2D eigenvalue weighted by atomic mass is 127. The molecule has 3 nitrogen and oxygen atoms in total. The lowest BCUT2D eigenvalue weighted by molar-refractivity contribution is 0.642. The molecule has 0 bridgehead atoms. The van der Waals surface area contributed by atoms with E-state index < -0.39 is 0 Å². The van der Waals surface area contributed by atoms with Crippen molar-refractivity contribution >= 4 is 34.2 Å². The Balaban J connectivity index is 2.43. The van der Waals surface area contributed by atoms with Gasteiger partial charge in [-0.1, -0.05) is 24.6 Å². The third-order valence-electron chi connectivity index (χ3n) is 2.88. The van der Waals surface area contributed by atoms with Crippen LogP contribution in [-0.4, -0.2) is 15.8 Å². The molecule has 2 rings (SSSR count). The molecular weight excluding hydrogens is 361 g/mol. The highest BCUT2D eigenvalue weighted by Crippen LogP contribution is 2.25. The first-order valence-corrected chi connectivity index (χ1v) is 7.31. The first kappa shape index (κ1) is 13.8. The predicted molar refractivity (Wildman–Crippen MR) is 83.3 cm³/mol. The van der Waals surface area contributed by atoms with Crippen molar-refractivity contribution in [2.75, 3.05) is 0 Å². The Morgan fingerprint density at radius 2 is 2.28 bits per heavy atom. The number of benzene rings is 1. The van der Waals surface area contributed by atoms with Gasteiger partial charge in [-0.25, -0.2) is 4.68 Å². The zero-order chi connectivity index (χ0) is 13.1. The molecule has 1 atom stereocenters. The summed E-state index contributed by atoms with van der Waals surface area (Å²) in [6.07, 6.45) is 5.50. The van der Waals surface area contributed by atoms with E-state index in [1.54, 1.807) is 0 Å². The molecule has 5 heteroatoms. The first-order chi connectivity index (χ1) is 8.61. The van der Waals surface area contributed by atoms with Gasteiger partial charge in [0.05, 0.1) is 15.5 Å². The number of hydrogen-bond acceptors (Lipinski definition) is 2. The number of aromatic nitrogens is 2. The van der Waals surface area contributed by atoms with Crippen LogP contribution < -0.4 is 5.73 Å². The molecule has 0 fully saturated rings. The molecule has 0 saturated heterocycles. The average Bonchev–Trinajstić information content (AvgIpc) is 2.78. The standard InChI is InChI=1S/C13H15ClIN3/c1-2-10(16)6-11-12(14)4-3-5-13(11)18-8-9(15)7-17-18/h3-5,7-8,10H,2,6,16H2,1H3. The SMILES string of the molecule is CCC(N)Cc1c(Cl)cccc1-n1cc(I)cn1. The van der Waals surface area contributed by atoms with E-state index in [9.17, 15) is 0 Å². The number of halogens is 2. The van der Waals surface area contributed by atoms with Gasteiger partial charge in [0.15, 0.2) is 0 Å². The molecule has 0 saturated carbocycles. The third-order valence-corrected chi connectivity index (χ3v) is 3.79. The molecule has 0 aliphatic carbocycles. The quantitative estimate of drug-likeness (QED) is 0.832. The van der Waals surface area contributed by atoms with E-state index >= 15 is 0 Å². The van der Waals surface area contributed by atoms with Gasteiger partial charge in [0.25, 0.3) is 0 Å². The summed E-state index contributed by atoms with van der Waals surface area (Å²) in [5.74, 6) is 0. The lowest BCUT2D eigenvalue weighted by Gasteiger charge is -2.15. The maximum atomic E-state index is 6.29. The van der Waals surface area contributed by atoms with Gasteiger partial charge in [-0.3, -0.25) is 0 Å². The molecular formula is C13H15ClIN3. The van der Waals surface area contributed by atoms with Crippen LogP contribution in [0.25, 0.3) is 5.69 Å². The maximum absolute atomic E-state index is 6.29. The molecule has 2 aromatic rings. The second-order valence-electron chi connectivity index (χ2n) is 4.21. The van der Waals surface area contributed by atoms with Gasteiger partial charge in [0.2, 0.25) is 0 Å². The summed E-state index contributed by atoms with van der Waals surface area (Å²) in [6.45, 7) is 2.08. The number of hydrogen-bond donors (Lipinski definition) is 1. The van der Waals surface area contributed by atoms with Crippen LogP contribution in [0.15, 0.2) is 30.6 Å². The number of nitrogens with zero attached hydrogens (tertiary/aromatic N) is 2. The van der Waals surface area contributed by atoms with Crippen LogP contribution in [0.1, 0.15) is 18.9 Å². The molecule has 2 N–H and O–H groups in total. The van der Waals surface area contributed by atoms with E-state index in [-0.39, 0.29) is 6.04 Å². The Kier molecular flexibility index (Phi) is 4.64. The molecule has 0 aliphatic rings. The third kappa shape index (κ3) is 3.05. The van der Waals surface area contributed by atoms with Gasteiger partial charge in [0, 0.05) is 17.3 Å². The van der Waals surface area contributed by atoms with Crippen LogP contribution in [0, 0.1) is 3.57 Å². The molecule has 18 heavy (non-hydrogen) atoms. The van der Waals surface area contributed by atoms with Crippen molar-refractivity contribution < 1.29 is 0 Å². The lowest BCUT2D eigenvalue weighted by atomic mass is 10.0. The normalized spacial score (nSPS) is 12.7. The van der Waals surface area contributed by atoms with E-state index in [2.05, 4.69) is 34.6 Å². The average molecular weight is 376 g/mol. The fourth-order valence-corrected chi connectivity index (χ4v) is 2.44. The van der Waals surface area contributed by atoms with E-state index in [4.69, 9.17) is 17.3 Å². The van der Waals surface area contributed by atoms with Crippen molar-refractivity contribution in [3.8, 4) is 5.69 Å². The Bertz CT molecular complexity index is 539. The molecule has 1 heterocycles. The molecule has 0 aliphatic heterocycles. The van der Waals surface area contributed by atoms with Gasteiger partial charge < -0.3 is 5.73 Å². The van der Waals surface area contributed by atoms with Crippen molar-refractivity contribution in [2.45, 2.75) is 25.8 Å². The van der Waals surface area contributed by atoms with Crippen LogP contribution in [0.5, 0.6) is 0 Å². The molecule has 1 aromatic heterocycles. The molecule has 0 amide bonds. The van der Waals surface area contributed by atoms with Crippen LogP contribution in [0.4, 0.5) is 0 Å². The predicted octanol–water partition coefficient (Wildman–Crippen LogP) is 3.41. The molecule has 1 unspecified atom stereocenters. The minimum Gasteiger partial charge on any atom is -0.327 e. The smallest absolute Gasteiger partial charge is 0.0693 e. The van der Waals surface area contributed by atoms with Crippen LogP contribution in [-0.2, 0) is 6.42 Å². The topological polar surface area (TPSA) is 43.8 Å². The highest BCUT2D eigenvalue weighted by molar-refractivity contribution is 14.1. The molecule has 0 radical (unpaired) electrons. The second-order valence-corrected chi connectivity index (χ2v) is 5.87. The Morgan fingerprint density at radius 3 is 2.89 bits per heavy atom. The largest absolute Gasteiger partial charge is 0.327 e. The summed E-state index contributed by atoms with van der Waals surface area (Å²) in [5.41, 5.74) is 8.11. The zero-order valence-electron chi connectivity index (χ0n) is 10.1. The van der Waals surface area contributed by atoms with Gasteiger partial charge >= 0.3 is 0 Å². The molecule has 1 aromatic carbocycles. The Labute approximate surface area is 125 Å². The monoisotopic (exact) mass is 375 g/mol. The highest BCUT2D eigenvalue weighted by Gasteiger charge is 2.12. The Hall–Kier alpha value is -0.590. The van der Waals surface area contributed by atoms with E-state index in [1.807, 2.05) is 35.3 Å². The maximum Gasteiger partial charge on any atom is 0.0693 e. The van der Waals surface area contributed by atoms with E-state index in [0.717, 1.165) is 32.7 Å². The summed E-state index contributed by atoms with van der Waals surface area (Å²) < 4.78 is 2.95. The lowest BCUT2D eigenvalue weighted by Crippen LogP contribution is -2.22. The summed E-state index contributed by atoms with van der Waals surface area (Å²) in [7, 11) is 0. The summed E-state index contributed by atoms with van der Waals surface area (Å²) >= 11 is 8.53. The summed E-state index contributed by atoms with van der Waals surface area (Å²) in [6, 6.07) is 5.98. The van der Waals surface area contributed by atoms with Gasteiger partial charge in [0.1, 0.15) is 0 Å². The number of rotatable bonds is 4. The van der Waals surface area contributed by atoms with Crippen molar-refractivity contribution in [3.05, 3.63) is 44.7 Å². The van der Waals surface area contributed by atoms with Gasteiger partial charge in [-0.05, 0) is 53.1 Å². The van der Waals surface area contributed by atoms with E-state index in [0.29, 0.717) is 0 Å². The minimum atomic E-state index is 0.123. The van der Waals surface area contributed by atoms with Crippen molar-refractivity contribution in [3.63, 3.8) is 0 Å². The zero-order valence-corrected chi connectivity index (χ0v) is 13.0. The van der Waals surface area contributed by atoms with Crippen molar-refractivity contribution in [1.29, 1.82) is 0 Å². The van der Waals surface area contributed by atoms with Gasteiger partial charge in [-0.15, -0.1) is 0 Å². The summed E-state index contributed by atoms with van der Waals surface area (Å²) in [4.78, 5) is 0. The van der Waals surface area contributed by atoms with E-state index in [1.165, 1.54) is 0 Å². The van der Waals surface area contributed by atoms with Crippen LogP contribution in [0.3, 0.4) is 0 Å². The fraction of sp³-hybridized carbons (Fsp3) is 0.308. The van der Waals surface area contributed by atoms with Crippen LogP contribution in [0.2, 0.25) is 5.02 Å². The fourth-order valence-electron chi connectivity index (χ4n) is 1.80. The summed E-state index contributed by atoms with van der Waals surface area (Å²) in [5, 5.41) is 5.08. The minimum absolute atomic E-state index is 0.123. The molecule has 96 valence electrons. The second kappa shape index (κ2) is 6.04.